The van der Waals surface area contributed by atoms with Gasteiger partial charge in [0.15, 0.2) is 0 Å². The van der Waals surface area contributed by atoms with Gasteiger partial charge >= 0.3 is 0 Å². The lowest BCUT2D eigenvalue weighted by atomic mass is 10.1. The summed E-state index contributed by atoms with van der Waals surface area (Å²) >= 11 is 0. The van der Waals surface area contributed by atoms with Crippen LogP contribution in [0, 0.1) is 5.82 Å². The molecule has 21 heavy (non-hydrogen) atoms. The number of halogens is 1. The van der Waals surface area contributed by atoms with Crippen LogP contribution < -0.4 is 5.32 Å². The first kappa shape index (κ1) is 13.2. The maximum atomic E-state index is 12.8. The molecule has 104 valence electrons. The van der Waals surface area contributed by atoms with Crippen molar-refractivity contribution < 1.29 is 9.18 Å². The van der Waals surface area contributed by atoms with Crippen molar-refractivity contribution in [1.82, 2.24) is 4.98 Å². The summed E-state index contributed by atoms with van der Waals surface area (Å²) in [4.78, 5) is 16.0. The highest BCUT2D eigenvalue weighted by Crippen LogP contribution is 2.18. The number of hydrogen-bond acceptors (Lipinski definition) is 2. The van der Waals surface area contributed by atoms with Gasteiger partial charge < -0.3 is 5.32 Å². The van der Waals surface area contributed by atoms with Crippen molar-refractivity contribution in [3.63, 3.8) is 0 Å². The van der Waals surface area contributed by atoms with E-state index in [0.29, 0.717) is 0 Å². The molecular weight excluding hydrogens is 267 g/mol. The number of benzene rings is 2. The van der Waals surface area contributed by atoms with Crippen molar-refractivity contribution in [2.45, 2.75) is 6.42 Å². The van der Waals surface area contributed by atoms with E-state index in [1.807, 2.05) is 24.3 Å². The molecule has 0 unspecified atom stereocenters. The number of carbonyl (C=O) groups is 1. The van der Waals surface area contributed by atoms with Gasteiger partial charge in [-0.25, -0.2) is 4.39 Å². The van der Waals surface area contributed by atoms with E-state index in [0.717, 1.165) is 22.0 Å². The smallest absolute Gasteiger partial charge is 0.228 e. The number of fused-ring (bicyclic) bond motifs is 1. The Hall–Kier alpha value is -2.75. The summed E-state index contributed by atoms with van der Waals surface area (Å²) in [5, 5.41) is 4.88. The molecule has 1 aromatic heterocycles. The van der Waals surface area contributed by atoms with Crippen LogP contribution in [0.5, 0.6) is 0 Å². The topological polar surface area (TPSA) is 42.0 Å². The second-order valence-corrected chi connectivity index (χ2v) is 4.79. The second kappa shape index (κ2) is 5.71. The molecule has 3 aromatic rings. The van der Waals surface area contributed by atoms with Crippen molar-refractivity contribution in [3.8, 4) is 0 Å². The third kappa shape index (κ3) is 3.23. The standard InChI is InChI=1S/C17H13FN2O/c18-15-4-1-12(2-5-15)9-17(21)20-16-6-3-14-11-19-8-7-13(14)10-16/h1-8,10-11H,9H2,(H,20,21). The van der Waals surface area contributed by atoms with Gasteiger partial charge in [0.2, 0.25) is 5.91 Å². The molecule has 0 atom stereocenters. The summed E-state index contributed by atoms with van der Waals surface area (Å²) < 4.78 is 12.8. The first-order valence-electron chi connectivity index (χ1n) is 6.59. The molecule has 0 radical (unpaired) electrons. The maximum absolute atomic E-state index is 12.8. The van der Waals surface area contributed by atoms with Gasteiger partial charge in [-0.3, -0.25) is 9.78 Å². The van der Waals surface area contributed by atoms with Crippen LogP contribution in [0.3, 0.4) is 0 Å². The predicted octanol–water partition coefficient (Wildman–Crippen LogP) is 3.56. The number of rotatable bonds is 3. The van der Waals surface area contributed by atoms with E-state index in [4.69, 9.17) is 0 Å². The molecule has 0 bridgehead atoms. The normalized spacial score (nSPS) is 10.5. The van der Waals surface area contributed by atoms with Crippen LogP contribution >= 0.6 is 0 Å². The fraction of sp³-hybridized carbons (Fsp3) is 0.0588. The Morgan fingerprint density at radius 3 is 2.67 bits per heavy atom. The minimum Gasteiger partial charge on any atom is -0.326 e. The van der Waals surface area contributed by atoms with E-state index in [-0.39, 0.29) is 18.1 Å². The minimum absolute atomic E-state index is 0.130. The average molecular weight is 280 g/mol. The van der Waals surface area contributed by atoms with Gasteiger partial charge in [-0.2, -0.15) is 0 Å². The molecule has 3 nitrogen and oxygen atoms in total. The van der Waals surface area contributed by atoms with E-state index in [1.165, 1.54) is 12.1 Å². The van der Waals surface area contributed by atoms with Crippen molar-refractivity contribution in [1.29, 1.82) is 0 Å². The predicted molar refractivity (Wildman–Crippen MR) is 80.5 cm³/mol. The summed E-state index contributed by atoms with van der Waals surface area (Å²) in [6, 6.07) is 13.5. The van der Waals surface area contributed by atoms with Gasteiger partial charge in [0.1, 0.15) is 5.82 Å². The Morgan fingerprint density at radius 1 is 1.05 bits per heavy atom. The van der Waals surface area contributed by atoms with Crippen LogP contribution in [0.4, 0.5) is 10.1 Å². The molecule has 1 heterocycles. The number of nitrogens with one attached hydrogen (secondary N) is 1. The van der Waals surface area contributed by atoms with Gasteiger partial charge in [-0.05, 0) is 41.3 Å². The van der Waals surface area contributed by atoms with Crippen LogP contribution in [0.2, 0.25) is 0 Å². The average Bonchev–Trinajstić information content (AvgIpc) is 2.49. The van der Waals surface area contributed by atoms with E-state index < -0.39 is 0 Å². The molecule has 0 fully saturated rings. The molecule has 0 saturated heterocycles. The number of pyridine rings is 1. The third-order valence-corrected chi connectivity index (χ3v) is 3.20. The number of hydrogen-bond donors (Lipinski definition) is 1. The minimum atomic E-state index is -0.303. The van der Waals surface area contributed by atoms with E-state index >= 15 is 0 Å². The molecule has 1 N–H and O–H groups in total. The number of anilines is 1. The highest BCUT2D eigenvalue weighted by molar-refractivity contribution is 5.95. The highest BCUT2D eigenvalue weighted by Gasteiger charge is 2.05. The van der Waals surface area contributed by atoms with Crippen LogP contribution in [0.25, 0.3) is 10.8 Å². The lowest BCUT2D eigenvalue weighted by Gasteiger charge is -2.06. The zero-order chi connectivity index (χ0) is 14.7. The quantitative estimate of drug-likeness (QED) is 0.797. The van der Waals surface area contributed by atoms with Gasteiger partial charge in [0, 0.05) is 23.5 Å². The number of aromatic nitrogens is 1. The van der Waals surface area contributed by atoms with Crippen molar-refractivity contribution >= 4 is 22.4 Å². The summed E-state index contributed by atoms with van der Waals surface area (Å²) in [7, 11) is 0. The lowest BCUT2D eigenvalue weighted by Crippen LogP contribution is -2.14. The van der Waals surface area contributed by atoms with Crippen LogP contribution in [-0.2, 0) is 11.2 Å². The SMILES string of the molecule is O=C(Cc1ccc(F)cc1)Nc1ccc2cnccc2c1. The summed E-state index contributed by atoms with van der Waals surface area (Å²) in [6.07, 6.45) is 3.71. The number of carbonyl (C=O) groups excluding carboxylic acids is 1. The largest absolute Gasteiger partial charge is 0.326 e. The summed E-state index contributed by atoms with van der Waals surface area (Å²) in [5.41, 5.74) is 1.51. The molecule has 2 aromatic carbocycles. The van der Waals surface area contributed by atoms with Crippen molar-refractivity contribution in [2.75, 3.05) is 5.32 Å². The van der Waals surface area contributed by atoms with Crippen molar-refractivity contribution in [2.24, 2.45) is 0 Å². The van der Waals surface area contributed by atoms with Crippen LogP contribution in [-0.4, -0.2) is 10.9 Å². The van der Waals surface area contributed by atoms with Gasteiger partial charge in [-0.1, -0.05) is 18.2 Å². The Morgan fingerprint density at radius 2 is 1.86 bits per heavy atom. The molecule has 0 saturated carbocycles. The van der Waals surface area contributed by atoms with Crippen molar-refractivity contribution in [3.05, 3.63) is 72.3 Å². The zero-order valence-corrected chi connectivity index (χ0v) is 11.2. The molecule has 1 amide bonds. The maximum Gasteiger partial charge on any atom is 0.228 e. The van der Waals surface area contributed by atoms with Gasteiger partial charge in [0.05, 0.1) is 6.42 Å². The van der Waals surface area contributed by atoms with E-state index in [2.05, 4.69) is 10.3 Å². The fourth-order valence-corrected chi connectivity index (χ4v) is 2.15. The molecule has 0 aliphatic rings. The Kier molecular flexibility index (Phi) is 3.60. The number of nitrogens with zero attached hydrogens (tertiary/aromatic N) is 1. The first-order valence-corrected chi connectivity index (χ1v) is 6.59. The number of amides is 1. The van der Waals surface area contributed by atoms with Crippen LogP contribution in [0.1, 0.15) is 5.56 Å². The molecular formula is C17H13FN2O. The zero-order valence-electron chi connectivity index (χ0n) is 11.2. The lowest BCUT2D eigenvalue weighted by molar-refractivity contribution is -0.115. The highest BCUT2D eigenvalue weighted by atomic mass is 19.1. The molecule has 0 aliphatic carbocycles. The van der Waals surface area contributed by atoms with Gasteiger partial charge in [-0.15, -0.1) is 0 Å². The first-order chi connectivity index (χ1) is 10.2. The Labute approximate surface area is 121 Å². The monoisotopic (exact) mass is 280 g/mol. The second-order valence-electron chi connectivity index (χ2n) is 4.79. The van der Waals surface area contributed by atoms with E-state index in [1.54, 1.807) is 24.5 Å². The molecule has 0 aliphatic heterocycles. The van der Waals surface area contributed by atoms with Crippen LogP contribution in [0.15, 0.2) is 60.9 Å². The fourth-order valence-electron chi connectivity index (χ4n) is 2.15. The third-order valence-electron chi connectivity index (χ3n) is 3.20. The molecule has 3 rings (SSSR count). The Bertz CT molecular complexity index is 784. The molecule has 0 spiro atoms. The van der Waals surface area contributed by atoms with Gasteiger partial charge in [0.25, 0.3) is 0 Å². The van der Waals surface area contributed by atoms with E-state index in [9.17, 15) is 9.18 Å². The molecule has 4 heteroatoms. The Balaban J connectivity index is 1.72. The summed E-state index contributed by atoms with van der Waals surface area (Å²) in [5.74, 6) is -0.433. The summed E-state index contributed by atoms with van der Waals surface area (Å²) in [6.45, 7) is 0.